The summed E-state index contributed by atoms with van der Waals surface area (Å²) >= 11 is 1.28. The SMILES string of the molecule is Cc1cc(N)nc(SCC(=O)Nc2ccc(N3CCCC3)cc2)n1. The summed E-state index contributed by atoms with van der Waals surface area (Å²) in [6.07, 6.45) is 2.50. The van der Waals surface area contributed by atoms with Gasteiger partial charge < -0.3 is 16.0 Å². The van der Waals surface area contributed by atoms with Gasteiger partial charge in [0.05, 0.1) is 5.75 Å². The van der Waals surface area contributed by atoms with Crippen molar-refractivity contribution in [2.75, 3.05) is 34.8 Å². The molecule has 0 saturated carbocycles. The molecule has 1 aliphatic rings. The number of aromatic nitrogens is 2. The maximum atomic E-state index is 12.1. The third-order valence-corrected chi connectivity index (χ3v) is 4.66. The highest BCUT2D eigenvalue weighted by Crippen LogP contribution is 2.22. The van der Waals surface area contributed by atoms with Crippen LogP contribution < -0.4 is 16.0 Å². The first kappa shape index (κ1) is 16.6. The Morgan fingerprint density at radius 1 is 1.25 bits per heavy atom. The second kappa shape index (κ2) is 7.53. The lowest BCUT2D eigenvalue weighted by atomic mass is 10.2. The summed E-state index contributed by atoms with van der Waals surface area (Å²) in [7, 11) is 0. The number of nitrogens with one attached hydrogen (secondary N) is 1. The zero-order chi connectivity index (χ0) is 16.9. The van der Waals surface area contributed by atoms with Crippen LogP contribution in [0.1, 0.15) is 18.5 Å². The number of anilines is 3. The van der Waals surface area contributed by atoms with Gasteiger partial charge in [-0.3, -0.25) is 4.79 Å². The van der Waals surface area contributed by atoms with E-state index < -0.39 is 0 Å². The van der Waals surface area contributed by atoms with Gasteiger partial charge in [0.15, 0.2) is 5.16 Å². The number of nitrogens with zero attached hydrogens (tertiary/aromatic N) is 3. The summed E-state index contributed by atoms with van der Waals surface area (Å²) in [5.41, 5.74) is 8.49. The van der Waals surface area contributed by atoms with Crippen molar-refractivity contribution in [2.24, 2.45) is 0 Å². The zero-order valence-corrected chi connectivity index (χ0v) is 14.5. The lowest BCUT2D eigenvalue weighted by molar-refractivity contribution is -0.113. The van der Waals surface area contributed by atoms with Gasteiger partial charge in [-0.05, 0) is 44.0 Å². The Hall–Kier alpha value is -2.28. The summed E-state index contributed by atoms with van der Waals surface area (Å²) in [5, 5.41) is 3.41. The Bertz CT molecular complexity index is 693. The minimum atomic E-state index is -0.0856. The van der Waals surface area contributed by atoms with Gasteiger partial charge in [-0.25, -0.2) is 9.97 Å². The van der Waals surface area contributed by atoms with E-state index in [1.54, 1.807) is 6.07 Å². The van der Waals surface area contributed by atoms with Crippen molar-refractivity contribution in [1.82, 2.24) is 9.97 Å². The third-order valence-electron chi connectivity index (χ3n) is 3.81. The van der Waals surface area contributed by atoms with Crippen LogP contribution in [0, 0.1) is 6.92 Å². The molecule has 1 aromatic heterocycles. The van der Waals surface area contributed by atoms with Crippen LogP contribution in [0.4, 0.5) is 17.2 Å². The smallest absolute Gasteiger partial charge is 0.234 e. The number of carbonyl (C=O) groups is 1. The van der Waals surface area contributed by atoms with E-state index in [0.29, 0.717) is 11.0 Å². The molecule has 1 aliphatic heterocycles. The van der Waals surface area contributed by atoms with Crippen molar-refractivity contribution in [3.05, 3.63) is 36.0 Å². The molecular formula is C17H21N5OS. The largest absolute Gasteiger partial charge is 0.384 e. The number of amides is 1. The Labute approximate surface area is 145 Å². The molecule has 1 aromatic carbocycles. The van der Waals surface area contributed by atoms with E-state index in [9.17, 15) is 4.79 Å². The molecule has 1 amide bonds. The van der Waals surface area contributed by atoms with E-state index in [-0.39, 0.29) is 11.7 Å². The lowest BCUT2D eigenvalue weighted by Crippen LogP contribution is -2.18. The molecule has 126 valence electrons. The van der Waals surface area contributed by atoms with E-state index in [1.165, 1.54) is 30.3 Å². The van der Waals surface area contributed by atoms with Crippen molar-refractivity contribution in [1.29, 1.82) is 0 Å². The molecule has 1 saturated heterocycles. The fourth-order valence-corrected chi connectivity index (χ4v) is 3.40. The van der Waals surface area contributed by atoms with Crippen molar-refractivity contribution >= 4 is 34.9 Å². The predicted molar refractivity (Wildman–Crippen MR) is 98.4 cm³/mol. The number of hydrogen-bond donors (Lipinski definition) is 2. The summed E-state index contributed by atoms with van der Waals surface area (Å²) in [4.78, 5) is 22.8. The number of benzene rings is 1. The Morgan fingerprint density at radius 3 is 2.62 bits per heavy atom. The van der Waals surface area contributed by atoms with Gasteiger partial charge in [-0.15, -0.1) is 0 Å². The van der Waals surface area contributed by atoms with Crippen molar-refractivity contribution in [3.63, 3.8) is 0 Å². The molecule has 2 heterocycles. The van der Waals surface area contributed by atoms with Crippen LogP contribution in [0.3, 0.4) is 0 Å². The van der Waals surface area contributed by atoms with E-state index in [0.717, 1.165) is 24.5 Å². The van der Waals surface area contributed by atoms with Gasteiger partial charge in [-0.2, -0.15) is 0 Å². The fourth-order valence-electron chi connectivity index (χ4n) is 2.69. The normalized spacial score (nSPS) is 14.0. The number of carbonyl (C=O) groups excluding carboxylic acids is 1. The summed E-state index contributed by atoms with van der Waals surface area (Å²) in [6.45, 7) is 4.08. The molecule has 7 heteroatoms. The third kappa shape index (κ3) is 4.38. The molecule has 0 atom stereocenters. The molecule has 0 spiro atoms. The number of thioether (sulfide) groups is 1. The van der Waals surface area contributed by atoms with Crippen LogP contribution in [-0.4, -0.2) is 34.7 Å². The monoisotopic (exact) mass is 343 g/mol. The fraction of sp³-hybridized carbons (Fsp3) is 0.353. The molecule has 6 nitrogen and oxygen atoms in total. The molecule has 3 N–H and O–H groups in total. The molecule has 2 aromatic rings. The number of rotatable bonds is 5. The first-order valence-corrected chi connectivity index (χ1v) is 8.97. The Morgan fingerprint density at radius 2 is 1.96 bits per heavy atom. The molecule has 0 radical (unpaired) electrons. The van der Waals surface area contributed by atoms with Crippen LogP contribution in [0.25, 0.3) is 0 Å². The van der Waals surface area contributed by atoms with Crippen LogP contribution in [-0.2, 0) is 4.79 Å². The zero-order valence-electron chi connectivity index (χ0n) is 13.7. The average Bonchev–Trinajstić information content (AvgIpc) is 3.07. The van der Waals surface area contributed by atoms with E-state index in [2.05, 4.69) is 32.3 Å². The highest BCUT2D eigenvalue weighted by atomic mass is 32.2. The number of hydrogen-bond acceptors (Lipinski definition) is 6. The van der Waals surface area contributed by atoms with Crippen molar-refractivity contribution < 1.29 is 4.79 Å². The van der Waals surface area contributed by atoms with Crippen LogP contribution >= 0.6 is 11.8 Å². The van der Waals surface area contributed by atoms with E-state index >= 15 is 0 Å². The van der Waals surface area contributed by atoms with Gasteiger partial charge in [0.25, 0.3) is 0 Å². The predicted octanol–water partition coefficient (Wildman–Crippen LogP) is 2.70. The summed E-state index contributed by atoms with van der Waals surface area (Å²) < 4.78 is 0. The number of aryl methyl sites for hydroxylation is 1. The van der Waals surface area contributed by atoms with Gasteiger partial charge in [0.1, 0.15) is 5.82 Å². The van der Waals surface area contributed by atoms with E-state index in [1.807, 2.05) is 19.1 Å². The quantitative estimate of drug-likeness (QED) is 0.641. The van der Waals surface area contributed by atoms with Gasteiger partial charge >= 0.3 is 0 Å². The average molecular weight is 343 g/mol. The molecule has 1 fully saturated rings. The molecule has 0 bridgehead atoms. The second-order valence-corrected chi connectivity index (χ2v) is 6.74. The number of nitrogens with two attached hydrogens (primary N) is 1. The summed E-state index contributed by atoms with van der Waals surface area (Å²) in [6, 6.07) is 9.69. The number of nitrogen functional groups attached to an aromatic ring is 1. The van der Waals surface area contributed by atoms with Gasteiger partial charge in [0.2, 0.25) is 5.91 Å². The molecule has 0 unspecified atom stereocenters. The standard InChI is InChI=1S/C17H21N5OS/c1-12-10-15(18)21-17(19-12)24-11-16(23)20-13-4-6-14(7-5-13)22-8-2-3-9-22/h4-7,10H,2-3,8-9,11H2,1H3,(H,20,23)(H2,18,19,21). The topological polar surface area (TPSA) is 84.1 Å². The van der Waals surface area contributed by atoms with Crippen LogP contribution in [0.15, 0.2) is 35.5 Å². The highest BCUT2D eigenvalue weighted by Gasteiger charge is 2.12. The summed E-state index contributed by atoms with van der Waals surface area (Å²) in [5.74, 6) is 0.581. The van der Waals surface area contributed by atoms with Crippen LogP contribution in [0.5, 0.6) is 0 Å². The molecule has 24 heavy (non-hydrogen) atoms. The van der Waals surface area contributed by atoms with Crippen molar-refractivity contribution in [3.8, 4) is 0 Å². The van der Waals surface area contributed by atoms with Crippen molar-refractivity contribution in [2.45, 2.75) is 24.9 Å². The highest BCUT2D eigenvalue weighted by molar-refractivity contribution is 7.99. The maximum Gasteiger partial charge on any atom is 0.234 e. The molecule has 3 rings (SSSR count). The molecule has 0 aliphatic carbocycles. The van der Waals surface area contributed by atoms with Gasteiger partial charge in [-0.1, -0.05) is 11.8 Å². The Balaban J connectivity index is 1.52. The van der Waals surface area contributed by atoms with Crippen LogP contribution in [0.2, 0.25) is 0 Å². The second-order valence-electron chi connectivity index (χ2n) is 5.79. The van der Waals surface area contributed by atoms with Gasteiger partial charge in [0, 0.05) is 36.2 Å². The minimum Gasteiger partial charge on any atom is -0.384 e. The lowest BCUT2D eigenvalue weighted by Gasteiger charge is -2.17. The first-order valence-electron chi connectivity index (χ1n) is 7.99. The molecular weight excluding hydrogens is 322 g/mol. The first-order chi connectivity index (χ1) is 11.6. The van der Waals surface area contributed by atoms with E-state index in [4.69, 9.17) is 5.73 Å². The minimum absolute atomic E-state index is 0.0856. The Kier molecular flexibility index (Phi) is 5.20. The maximum absolute atomic E-state index is 12.1.